The Labute approximate surface area is 854 Å². The molecule has 0 amide bonds. The van der Waals surface area contributed by atoms with E-state index in [-0.39, 0.29) is 0 Å². The van der Waals surface area contributed by atoms with E-state index in [0.717, 1.165) is 184 Å². The Morgan fingerprint density at radius 3 is 0.851 bits per heavy atom. The maximum atomic E-state index is 5.30. The van der Waals surface area contributed by atoms with E-state index in [1.807, 2.05) is 42.7 Å². The van der Waals surface area contributed by atoms with Gasteiger partial charge in [-0.3, -0.25) is 19.1 Å². The van der Waals surface area contributed by atoms with Crippen LogP contribution in [0.25, 0.3) is 276 Å². The zero-order chi connectivity index (χ0) is 97.9. The van der Waals surface area contributed by atoms with Crippen LogP contribution in [0.3, 0.4) is 0 Å². The molecule has 0 saturated carbocycles. The summed E-state index contributed by atoms with van der Waals surface area (Å²) in [5, 5.41) is 19.0. The first-order valence-corrected chi connectivity index (χ1v) is 50.2. The monoisotopic (exact) mass is 1880 g/mol. The molecular weight excluding hydrogens is 1800 g/mol. The number of fused-ring (bicyclic) bond motifs is 12. The van der Waals surface area contributed by atoms with Gasteiger partial charge in [-0.1, -0.05) is 413 Å². The number of rotatable bonds is 14. The molecule has 148 heavy (non-hydrogen) atoms. The van der Waals surface area contributed by atoms with Gasteiger partial charge in [0.1, 0.15) is 11.6 Å². The van der Waals surface area contributed by atoms with Crippen molar-refractivity contribution in [1.82, 2.24) is 44.0 Å². The van der Waals surface area contributed by atoms with Crippen LogP contribution in [0.4, 0.5) is 0 Å². The van der Waals surface area contributed by atoms with E-state index in [2.05, 4.69) is 512 Å². The van der Waals surface area contributed by atoms with E-state index in [9.17, 15) is 0 Å². The normalized spacial score (nSPS) is 11.5. The predicted molar refractivity (Wildman–Crippen MR) is 618 cm³/mol. The summed E-state index contributed by atoms with van der Waals surface area (Å²) in [6, 6.07) is 187. The Bertz CT molecular complexity index is 10200. The number of hydrogen-bond acceptors (Lipinski definition) is 7. The van der Waals surface area contributed by atoms with Gasteiger partial charge in [0.05, 0.1) is 66.9 Å². The summed E-state index contributed by atoms with van der Waals surface area (Å²) in [5.41, 5.74) is 34.3. The molecule has 0 bridgehead atoms. The largest absolute Gasteiger partial charge is 0.292 e. The number of aromatic nitrogens is 9. The van der Waals surface area contributed by atoms with Gasteiger partial charge in [-0.2, -0.15) is 0 Å². The van der Waals surface area contributed by atoms with E-state index in [1.54, 1.807) is 0 Å². The molecule has 0 atom stereocenters. The molecule has 0 aliphatic heterocycles. The molecule has 9 heteroatoms. The molecule has 0 radical (unpaired) electrons. The lowest BCUT2D eigenvalue weighted by atomic mass is 9.92. The topological polar surface area (TPSA) is 100 Å². The summed E-state index contributed by atoms with van der Waals surface area (Å²) in [7, 11) is 0. The van der Waals surface area contributed by atoms with Crippen LogP contribution in [0, 0.1) is 0 Å². The smallest absolute Gasteiger partial charge is 0.145 e. The summed E-state index contributed by atoms with van der Waals surface area (Å²) in [6.45, 7) is 0. The van der Waals surface area contributed by atoms with Gasteiger partial charge >= 0.3 is 0 Å². The van der Waals surface area contributed by atoms with Crippen LogP contribution in [0.5, 0.6) is 0 Å². The lowest BCUT2D eigenvalue weighted by Gasteiger charge is -2.15. The van der Waals surface area contributed by atoms with Crippen molar-refractivity contribution in [3.63, 3.8) is 0 Å². The highest BCUT2D eigenvalue weighted by atomic mass is 15.1. The molecule has 0 N–H and O–H groups in total. The second-order valence-corrected chi connectivity index (χ2v) is 37.7. The number of nitrogens with zero attached hydrogens (tertiary/aromatic N) is 9. The minimum absolute atomic E-state index is 0.900. The third-order valence-electron chi connectivity index (χ3n) is 29.0. The van der Waals surface area contributed by atoms with Crippen LogP contribution >= 0.6 is 0 Å². The molecule has 7 heterocycles. The highest BCUT2D eigenvalue weighted by Gasteiger charge is 2.24. The summed E-state index contributed by atoms with van der Waals surface area (Å²) >= 11 is 0. The average molecular weight is 1890 g/mol. The summed E-state index contributed by atoms with van der Waals surface area (Å²) in [4.78, 5) is 35.7. The van der Waals surface area contributed by atoms with Crippen LogP contribution < -0.4 is 0 Å². The molecule has 0 saturated heterocycles. The van der Waals surface area contributed by atoms with Crippen molar-refractivity contribution in [3.8, 4) is 146 Å². The van der Waals surface area contributed by atoms with Crippen LogP contribution in [0.1, 0.15) is 0 Å². The molecule has 7 aromatic heterocycles. The van der Waals surface area contributed by atoms with Gasteiger partial charge in [0.15, 0.2) is 0 Å². The van der Waals surface area contributed by atoms with Crippen molar-refractivity contribution in [3.05, 3.63) is 540 Å². The van der Waals surface area contributed by atoms with Crippen molar-refractivity contribution >= 4 is 130 Å². The van der Waals surface area contributed by atoms with Gasteiger partial charge in [-0.15, -0.1) is 0 Å². The predicted octanol–water partition coefficient (Wildman–Crippen LogP) is 36.2. The first kappa shape index (κ1) is 87.2. The molecule has 0 aliphatic rings. The lowest BCUT2D eigenvalue weighted by Crippen LogP contribution is -1.98. The Hall–Kier alpha value is -19.9. The lowest BCUT2D eigenvalue weighted by molar-refractivity contribution is 1.10. The fourth-order valence-electron chi connectivity index (χ4n) is 21.8. The van der Waals surface area contributed by atoms with Crippen molar-refractivity contribution in [2.45, 2.75) is 0 Å². The van der Waals surface area contributed by atoms with Crippen molar-refractivity contribution < 1.29 is 0 Å². The molecule has 22 aromatic carbocycles. The first-order chi connectivity index (χ1) is 73.4. The van der Waals surface area contributed by atoms with Gasteiger partial charge in [0.25, 0.3) is 0 Å². The quantitative estimate of drug-likeness (QED) is 0.107. The number of hydrogen-bond donors (Lipinski definition) is 0. The van der Waals surface area contributed by atoms with Gasteiger partial charge in [0.2, 0.25) is 0 Å². The fraction of sp³-hybridized carbons (Fsp3) is 0. The Morgan fingerprint density at radius 2 is 0.446 bits per heavy atom. The Kier molecular flexibility index (Phi) is 22.1. The molecule has 29 rings (SSSR count). The molecule has 0 fully saturated rings. The number of para-hydroxylation sites is 6. The number of imidazole rings is 2. The molecule has 0 unspecified atom stereocenters. The molecule has 0 aliphatic carbocycles. The molecule has 9 nitrogen and oxygen atoms in total. The maximum absolute atomic E-state index is 5.30. The second-order valence-electron chi connectivity index (χ2n) is 37.7. The molecule has 0 spiro atoms. The minimum Gasteiger partial charge on any atom is -0.292 e. The SMILES string of the molecule is c1ccc(-c2nc3ccccc3n2-c2ccc(-c3cc(-c4cccc5ccccc45)nc4ccc(-c5cccc6ccccc56)cc34)cc2)cc1.c1ccc(-n2c(-c3ccc(-c4cc(-c5cccc6ccccc56)nc5ccc(-c6cccc7ccccc67)cc45)cc3)nc3ccccc32)cc1.c1ccc2c(-c3ccc4nc(-c5cccc6ccccc56)cc(-c5ccc(-c6cccc7cccnc67)nc5)c4c3)cccc2c1. The highest BCUT2D eigenvalue weighted by molar-refractivity contribution is 6.10. The number of pyridine rings is 5. The van der Waals surface area contributed by atoms with E-state index in [1.165, 1.54) is 92.5 Å². The van der Waals surface area contributed by atoms with Crippen LogP contribution in [-0.2, 0) is 0 Å². The summed E-state index contributed by atoms with van der Waals surface area (Å²) < 4.78 is 4.51. The van der Waals surface area contributed by atoms with Gasteiger partial charge in [-0.05, 0) is 241 Å². The van der Waals surface area contributed by atoms with Gasteiger partial charge in [-0.25, -0.2) is 24.9 Å². The van der Waals surface area contributed by atoms with E-state index >= 15 is 0 Å². The summed E-state index contributed by atoms with van der Waals surface area (Å²) in [5.74, 6) is 1.85. The van der Waals surface area contributed by atoms with Gasteiger partial charge < -0.3 is 0 Å². The third kappa shape index (κ3) is 16.1. The number of benzene rings is 22. The minimum atomic E-state index is 0.900. The zero-order valence-electron chi connectivity index (χ0n) is 80.4. The molecule has 29 aromatic rings. The second kappa shape index (κ2) is 37.5. The third-order valence-corrected chi connectivity index (χ3v) is 29.0. The van der Waals surface area contributed by atoms with Crippen LogP contribution in [0.2, 0.25) is 0 Å². The first-order valence-electron chi connectivity index (χ1n) is 50.2. The van der Waals surface area contributed by atoms with Crippen molar-refractivity contribution in [1.29, 1.82) is 0 Å². The van der Waals surface area contributed by atoms with Crippen LogP contribution in [0.15, 0.2) is 540 Å². The van der Waals surface area contributed by atoms with E-state index < -0.39 is 0 Å². The average Bonchev–Trinajstić information content (AvgIpc) is 0.862. The Morgan fingerprint density at radius 1 is 0.149 bits per heavy atom. The molecule has 690 valence electrons. The summed E-state index contributed by atoms with van der Waals surface area (Å²) in [6.07, 6.45) is 3.83. The fourth-order valence-corrected chi connectivity index (χ4v) is 21.8. The van der Waals surface area contributed by atoms with Gasteiger partial charge in [0, 0.05) is 84.3 Å². The highest BCUT2D eigenvalue weighted by Crippen LogP contribution is 2.46. The maximum Gasteiger partial charge on any atom is 0.145 e. The van der Waals surface area contributed by atoms with E-state index in [4.69, 9.17) is 29.9 Å². The zero-order valence-corrected chi connectivity index (χ0v) is 80.4. The van der Waals surface area contributed by atoms with Crippen molar-refractivity contribution in [2.75, 3.05) is 0 Å². The molecular formula is C139H89N9. The van der Waals surface area contributed by atoms with E-state index in [0.29, 0.717) is 0 Å². The van der Waals surface area contributed by atoms with Crippen LogP contribution in [-0.4, -0.2) is 44.0 Å². The standard InChI is InChI=1S/2C48H31N3.C43H27N3/c1-2-16-37(17-3-1)51-47-23-9-8-22-45(47)50-48(51)35-26-24-34(25-27-35)42-31-46(41-21-11-15-33-13-5-7-19-39(33)41)49-44-29-28-36(30-43(42)44)40-20-10-14-32-12-4-6-18-38(32)40;1-2-14-35(15-3-1)48-50-45-22-8-9-23-47(45)51(48)37-27-24-34(25-28-37)42-31-46(41-21-11-17-33-13-5-7-19-39(33)41)49-44-29-26-36(30-43(42)44)40-20-10-16-32-12-4-6-18-38(32)40;1-3-15-33-28(9-1)11-5-17-35(33)31-20-23-41-39(25-31)38(26-42(46-41)36-18-6-12-29-10-2-4-16-34(29)36)32-21-22-40(45-27-32)37-19-7-13-30-14-8-24-44-43(30)37/h2*1-31H;1-27H. The van der Waals surface area contributed by atoms with Crippen molar-refractivity contribution in [2.24, 2.45) is 0 Å². The Balaban J connectivity index is 0.000000110.